The number of hydrazone groups is 1. The van der Waals surface area contributed by atoms with Crippen LogP contribution in [-0.4, -0.2) is 6.21 Å². The summed E-state index contributed by atoms with van der Waals surface area (Å²) < 4.78 is 6.12. The second-order valence-electron chi connectivity index (χ2n) is 6.77. The predicted octanol–water partition coefficient (Wildman–Crippen LogP) is 6.85. The lowest BCUT2D eigenvalue weighted by atomic mass is 10.0. The van der Waals surface area contributed by atoms with Crippen molar-refractivity contribution in [2.24, 2.45) is 5.10 Å². The molecule has 0 bridgehead atoms. The molecular weight excluding hydrogens is 415 g/mol. The first-order valence-electron chi connectivity index (χ1n) is 9.59. The lowest BCUT2D eigenvalue weighted by Crippen LogP contribution is -2.07. The van der Waals surface area contributed by atoms with Gasteiger partial charge in [-0.2, -0.15) is 5.10 Å². The molecule has 0 heterocycles. The van der Waals surface area contributed by atoms with Crippen LogP contribution in [0.5, 0.6) is 5.75 Å². The maximum Gasteiger partial charge on any atom is 0.129 e. The Hall–Kier alpha value is -3.01. The average Bonchev–Trinajstić information content (AvgIpc) is 2.78. The molecule has 0 unspecified atom stereocenters. The summed E-state index contributed by atoms with van der Waals surface area (Å²) in [4.78, 5) is 0. The molecule has 0 aliphatic heterocycles. The van der Waals surface area contributed by atoms with Gasteiger partial charge in [-0.25, -0.2) is 0 Å². The van der Waals surface area contributed by atoms with Gasteiger partial charge in [-0.1, -0.05) is 89.9 Å². The van der Waals surface area contributed by atoms with Crippen molar-refractivity contribution in [1.82, 2.24) is 5.43 Å². The van der Waals surface area contributed by atoms with Crippen LogP contribution in [0.1, 0.15) is 16.7 Å². The van der Waals surface area contributed by atoms with Crippen molar-refractivity contribution >= 4 is 40.2 Å². The molecule has 0 amide bonds. The van der Waals surface area contributed by atoms with Gasteiger partial charge in [0, 0.05) is 21.2 Å². The molecule has 4 rings (SSSR count). The fraction of sp³-hybridized carbons (Fsp3) is 0.0800. The molecule has 150 valence electrons. The third-order valence-electron chi connectivity index (χ3n) is 4.77. The lowest BCUT2D eigenvalue weighted by Gasteiger charge is -2.12. The van der Waals surface area contributed by atoms with E-state index < -0.39 is 0 Å². The molecule has 0 saturated heterocycles. The number of rotatable bonds is 7. The standard InChI is InChI=1S/C25H20Cl2N2O/c26-23-11-6-12-24(27)22(23)16-29-28-15-21-20-10-5-4-9-19(20)13-14-25(21)30-17-18-7-2-1-3-8-18/h1-15,29H,16-17H2/b28-15+. The van der Waals surface area contributed by atoms with Crippen LogP contribution >= 0.6 is 23.2 Å². The van der Waals surface area contributed by atoms with Crippen molar-refractivity contribution in [3.63, 3.8) is 0 Å². The van der Waals surface area contributed by atoms with Gasteiger partial charge in [-0.3, -0.25) is 0 Å². The van der Waals surface area contributed by atoms with Crippen LogP contribution in [0.2, 0.25) is 10.0 Å². The minimum Gasteiger partial charge on any atom is -0.488 e. The molecule has 5 heteroatoms. The molecule has 30 heavy (non-hydrogen) atoms. The fourth-order valence-electron chi connectivity index (χ4n) is 3.21. The second kappa shape index (κ2) is 9.66. The second-order valence-corrected chi connectivity index (χ2v) is 7.58. The number of fused-ring (bicyclic) bond motifs is 1. The van der Waals surface area contributed by atoms with Crippen LogP contribution in [0.15, 0.2) is 90.0 Å². The third kappa shape index (κ3) is 4.76. The Kier molecular flexibility index (Phi) is 6.53. The van der Waals surface area contributed by atoms with E-state index in [0.29, 0.717) is 23.2 Å². The molecule has 0 aliphatic carbocycles. The van der Waals surface area contributed by atoms with E-state index in [1.165, 1.54) is 0 Å². The van der Waals surface area contributed by atoms with Crippen molar-refractivity contribution in [1.29, 1.82) is 0 Å². The molecule has 0 saturated carbocycles. The van der Waals surface area contributed by atoms with Gasteiger partial charge in [0.1, 0.15) is 12.4 Å². The van der Waals surface area contributed by atoms with Gasteiger partial charge in [0.05, 0.1) is 12.8 Å². The molecule has 4 aromatic rings. The first-order chi connectivity index (χ1) is 14.7. The topological polar surface area (TPSA) is 33.6 Å². The van der Waals surface area contributed by atoms with Gasteiger partial charge in [0.15, 0.2) is 0 Å². The molecule has 4 aromatic carbocycles. The maximum absolute atomic E-state index is 6.23. The summed E-state index contributed by atoms with van der Waals surface area (Å²) in [7, 11) is 0. The highest BCUT2D eigenvalue weighted by Crippen LogP contribution is 2.28. The monoisotopic (exact) mass is 434 g/mol. The summed E-state index contributed by atoms with van der Waals surface area (Å²) >= 11 is 12.5. The number of benzene rings is 4. The SMILES string of the molecule is Clc1cccc(Cl)c1CN/N=C/c1c(OCc2ccccc2)ccc2ccccc12. The maximum atomic E-state index is 6.23. The van der Waals surface area contributed by atoms with Crippen LogP contribution in [0, 0.1) is 0 Å². The third-order valence-corrected chi connectivity index (χ3v) is 5.48. The Labute approximate surface area is 185 Å². The van der Waals surface area contributed by atoms with Crippen LogP contribution in [0.3, 0.4) is 0 Å². The first-order valence-corrected chi connectivity index (χ1v) is 10.4. The van der Waals surface area contributed by atoms with E-state index in [-0.39, 0.29) is 0 Å². The molecule has 0 fully saturated rings. The van der Waals surface area contributed by atoms with Crippen LogP contribution < -0.4 is 10.2 Å². The van der Waals surface area contributed by atoms with Crippen molar-refractivity contribution in [3.05, 3.63) is 112 Å². The molecule has 3 nitrogen and oxygen atoms in total. The zero-order valence-electron chi connectivity index (χ0n) is 16.2. The molecule has 1 N–H and O–H groups in total. The Balaban J connectivity index is 1.57. The Morgan fingerprint density at radius 2 is 1.53 bits per heavy atom. The zero-order valence-corrected chi connectivity index (χ0v) is 17.7. The van der Waals surface area contributed by atoms with Gasteiger partial charge < -0.3 is 10.2 Å². The minimum atomic E-state index is 0.431. The van der Waals surface area contributed by atoms with E-state index >= 15 is 0 Å². The van der Waals surface area contributed by atoms with Gasteiger partial charge in [0.25, 0.3) is 0 Å². The predicted molar refractivity (Wildman–Crippen MR) is 126 cm³/mol. The highest BCUT2D eigenvalue weighted by atomic mass is 35.5. The van der Waals surface area contributed by atoms with Crippen LogP contribution in [0.25, 0.3) is 10.8 Å². The summed E-state index contributed by atoms with van der Waals surface area (Å²) in [5, 5.41) is 7.84. The number of hydrogen-bond donors (Lipinski definition) is 1. The number of nitrogens with zero attached hydrogens (tertiary/aromatic N) is 1. The number of nitrogens with one attached hydrogen (secondary N) is 1. The van der Waals surface area contributed by atoms with E-state index in [1.54, 1.807) is 6.21 Å². The fourth-order valence-corrected chi connectivity index (χ4v) is 3.74. The van der Waals surface area contributed by atoms with E-state index in [0.717, 1.165) is 33.2 Å². The largest absolute Gasteiger partial charge is 0.488 e. The Morgan fingerprint density at radius 3 is 2.33 bits per heavy atom. The summed E-state index contributed by atoms with van der Waals surface area (Å²) in [6.07, 6.45) is 1.79. The summed E-state index contributed by atoms with van der Waals surface area (Å²) in [6, 6.07) is 27.8. The summed E-state index contributed by atoms with van der Waals surface area (Å²) in [5.41, 5.74) is 5.89. The Bertz CT molecular complexity index is 1160. The molecular formula is C25H20Cl2N2O. The number of halogens is 2. The smallest absolute Gasteiger partial charge is 0.129 e. The van der Waals surface area contributed by atoms with Crippen LogP contribution in [0.4, 0.5) is 0 Å². The van der Waals surface area contributed by atoms with E-state index in [2.05, 4.69) is 28.7 Å². The molecule has 0 atom stereocenters. The van der Waals surface area contributed by atoms with Crippen molar-refractivity contribution in [2.45, 2.75) is 13.2 Å². The van der Waals surface area contributed by atoms with E-state index in [1.807, 2.05) is 66.7 Å². The summed E-state index contributed by atoms with van der Waals surface area (Å²) in [5.74, 6) is 0.777. The van der Waals surface area contributed by atoms with Crippen molar-refractivity contribution < 1.29 is 4.74 Å². The number of hydrogen-bond acceptors (Lipinski definition) is 3. The molecule has 0 aromatic heterocycles. The first kappa shape index (κ1) is 20.3. The average molecular weight is 435 g/mol. The van der Waals surface area contributed by atoms with Gasteiger partial charge in [-0.15, -0.1) is 0 Å². The van der Waals surface area contributed by atoms with Crippen molar-refractivity contribution in [2.75, 3.05) is 0 Å². The highest BCUT2D eigenvalue weighted by molar-refractivity contribution is 6.35. The van der Waals surface area contributed by atoms with Gasteiger partial charge in [-0.05, 0) is 34.5 Å². The normalized spacial score (nSPS) is 11.1. The summed E-state index contributed by atoms with van der Waals surface area (Å²) in [6.45, 7) is 0.919. The lowest BCUT2D eigenvalue weighted by molar-refractivity contribution is 0.306. The molecule has 0 spiro atoms. The minimum absolute atomic E-state index is 0.431. The van der Waals surface area contributed by atoms with Gasteiger partial charge >= 0.3 is 0 Å². The Morgan fingerprint density at radius 1 is 0.800 bits per heavy atom. The van der Waals surface area contributed by atoms with E-state index in [4.69, 9.17) is 27.9 Å². The molecule has 0 radical (unpaired) electrons. The number of ether oxygens (including phenoxy) is 1. The highest BCUT2D eigenvalue weighted by Gasteiger charge is 2.08. The van der Waals surface area contributed by atoms with Gasteiger partial charge in [0.2, 0.25) is 0 Å². The van der Waals surface area contributed by atoms with E-state index in [9.17, 15) is 0 Å². The quantitative estimate of drug-likeness (QED) is 0.254. The van der Waals surface area contributed by atoms with Crippen molar-refractivity contribution in [3.8, 4) is 5.75 Å². The van der Waals surface area contributed by atoms with Crippen LogP contribution in [-0.2, 0) is 13.2 Å². The zero-order chi connectivity index (χ0) is 20.8. The molecule has 0 aliphatic rings.